The number of aliphatic hydroxyl groups is 1. The minimum Gasteiger partial charge on any atom is -0.491 e. The summed E-state index contributed by atoms with van der Waals surface area (Å²) in [4.78, 5) is 0. The largest absolute Gasteiger partial charge is 0.491 e. The van der Waals surface area contributed by atoms with Crippen LogP contribution in [0.4, 0.5) is 4.39 Å². The fourth-order valence-corrected chi connectivity index (χ4v) is 2.20. The van der Waals surface area contributed by atoms with Gasteiger partial charge < -0.3 is 15.2 Å². The van der Waals surface area contributed by atoms with Crippen molar-refractivity contribution in [2.45, 2.75) is 12.5 Å². The highest BCUT2D eigenvalue weighted by Gasteiger charge is 2.31. The first kappa shape index (κ1) is 15.5. The average molecular weight is 289 g/mol. The fourth-order valence-electron chi connectivity index (χ4n) is 2.20. The van der Waals surface area contributed by atoms with Gasteiger partial charge in [0.2, 0.25) is 0 Å². The fraction of sp³-hybridized carbons (Fsp3) is 0.294. The van der Waals surface area contributed by atoms with Crippen LogP contribution in [0.25, 0.3) is 0 Å². The lowest BCUT2D eigenvalue weighted by molar-refractivity contribution is 0.107. The summed E-state index contributed by atoms with van der Waals surface area (Å²) in [6.07, 6.45) is 0. The molecule has 3 nitrogen and oxygen atoms in total. The zero-order chi connectivity index (χ0) is 15.3. The maximum absolute atomic E-state index is 13.3. The Labute approximate surface area is 124 Å². The van der Waals surface area contributed by atoms with Crippen LogP contribution in [0.1, 0.15) is 11.1 Å². The summed E-state index contributed by atoms with van der Waals surface area (Å²) in [6, 6.07) is 14.0. The number of halogens is 1. The van der Waals surface area contributed by atoms with Crippen LogP contribution in [-0.4, -0.2) is 25.4 Å². The molecule has 1 atom stereocenters. The average Bonchev–Trinajstić information content (AvgIpc) is 2.53. The molecule has 112 valence electrons. The SMILES string of the molecule is CNC(CO)(COc1cc(F)ccc1C)c1ccccc1. The van der Waals surface area contributed by atoms with Crippen LogP contribution in [0, 0.1) is 12.7 Å². The second-order valence-electron chi connectivity index (χ2n) is 5.05. The van der Waals surface area contributed by atoms with E-state index in [1.807, 2.05) is 37.3 Å². The number of rotatable bonds is 6. The Balaban J connectivity index is 2.23. The highest BCUT2D eigenvalue weighted by atomic mass is 19.1. The van der Waals surface area contributed by atoms with Gasteiger partial charge >= 0.3 is 0 Å². The van der Waals surface area contributed by atoms with E-state index in [-0.39, 0.29) is 19.0 Å². The zero-order valence-corrected chi connectivity index (χ0v) is 12.3. The van der Waals surface area contributed by atoms with Gasteiger partial charge in [0.15, 0.2) is 0 Å². The van der Waals surface area contributed by atoms with Crippen LogP contribution in [0.5, 0.6) is 5.75 Å². The smallest absolute Gasteiger partial charge is 0.126 e. The molecule has 1 unspecified atom stereocenters. The van der Waals surface area contributed by atoms with Crippen molar-refractivity contribution in [3.8, 4) is 5.75 Å². The van der Waals surface area contributed by atoms with Crippen molar-refractivity contribution < 1.29 is 14.2 Å². The maximum atomic E-state index is 13.3. The molecule has 21 heavy (non-hydrogen) atoms. The summed E-state index contributed by atoms with van der Waals surface area (Å²) < 4.78 is 19.1. The summed E-state index contributed by atoms with van der Waals surface area (Å²) in [5.41, 5.74) is 1.05. The normalized spacial score (nSPS) is 13.7. The molecule has 4 heteroatoms. The lowest BCUT2D eigenvalue weighted by Gasteiger charge is -2.32. The van der Waals surface area contributed by atoms with Crippen LogP contribution >= 0.6 is 0 Å². The summed E-state index contributed by atoms with van der Waals surface area (Å²) in [6.45, 7) is 1.94. The van der Waals surface area contributed by atoms with Crippen molar-refractivity contribution in [1.29, 1.82) is 0 Å². The van der Waals surface area contributed by atoms with Crippen molar-refractivity contribution in [1.82, 2.24) is 5.32 Å². The third-order valence-electron chi connectivity index (χ3n) is 3.70. The highest BCUT2D eigenvalue weighted by Crippen LogP contribution is 2.24. The molecule has 0 aliphatic carbocycles. The molecule has 0 bridgehead atoms. The third kappa shape index (κ3) is 3.40. The lowest BCUT2D eigenvalue weighted by atomic mass is 9.92. The van der Waals surface area contributed by atoms with E-state index in [1.54, 1.807) is 13.1 Å². The molecule has 2 aromatic rings. The molecule has 0 saturated carbocycles. The number of benzene rings is 2. The van der Waals surface area contributed by atoms with E-state index < -0.39 is 5.54 Å². The molecule has 0 saturated heterocycles. The number of ether oxygens (including phenoxy) is 1. The van der Waals surface area contributed by atoms with E-state index in [0.717, 1.165) is 11.1 Å². The molecule has 0 aliphatic rings. The predicted octanol–water partition coefficient (Wildman–Crippen LogP) is 2.62. The molecule has 0 heterocycles. The van der Waals surface area contributed by atoms with E-state index in [9.17, 15) is 9.50 Å². The Morgan fingerprint density at radius 2 is 1.90 bits per heavy atom. The van der Waals surface area contributed by atoms with Gasteiger partial charge in [-0.25, -0.2) is 4.39 Å². The van der Waals surface area contributed by atoms with E-state index in [1.165, 1.54) is 12.1 Å². The first-order chi connectivity index (χ1) is 10.1. The Bertz CT molecular complexity index is 583. The van der Waals surface area contributed by atoms with Gasteiger partial charge in [0.25, 0.3) is 0 Å². The quantitative estimate of drug-likeness (QED) is 0.859. The zero-order valence-electron chi connectivity index (χ0n) is 12.3. The summed E-state index contributed by atoms with van der Waals surface area (Å²) >= 11 is 0. The Hall–Kier alpha value is -1.91. The number of aliphatic hydroxyl groups excluding tert-OH is 1. The molecule has 0 radical (unpaired) electrons. The van der Waals surface area contributed by atoms with Crippen LogP contribution in [0.2, 0.25) is 0 Å². The number of likely N-dealkylation sites (N-methyl/N-ethyl adjacent to an activating group) is 1. The van der Waals surface area contributed by atoms with Crippen molar-refractivity contribution in [2.75, 3.05) is 20.3 Å². The molecule has 0 spiro atoms. The van der Waals surface area contributed by atoms with Gasteiger partial charge in [-0.15, -0.1) is 0 Å². The van der Waals surface area contributed by atoms with Gasteiger partial charge in [0, 0.05) is 6.07 Å². The second-order valence-corrected chi connectivity index (χ2v) is 5.05. The van der Waals surface area contributed by atoms with Crippen LogP contribution in [-0.2, 0) is 5.54 Å². The van der Waals surface area contributed by atoms with Crippen molar-refractivity contribution >= 4 is 0 Å². The summed E-state index contributed by atoms with van der Waals surface area (Å²) in [5.74, 6) is 0.147. The number of hydrogen-bond acceptors (Lipinski definition) is 3. The number of aryl methyl sites for hydroxylation is 1. The second kappa shape index (κ2) is 6.70. The van der Waals surface area contributed by atoms with E-state index in [0.29, 0.717) is 5.75 Å². The van der Waals surface area contributed by atoms with Crippen molar-refractivity contribution in [2.24, 2.45) is 0 Å². The van der Waals surface area contributed by atoms with Crippen LogP contribution in [0.15, 0.2) is 48.5 Å². The van der Waals surface area contributed by atoms with Crippen LogP contribution < -0.4 is 10.1 Å². The monoisotopic (exact) mass is 289 g/mol. The van der Waals surface area contributed by atoms with E-state index >= 15 is 0 Å². The van der Waals surface area contributed by atoms with E-state index in [4.69, 9.17) is 4.74 Å². The third-order valence-corrected chi connectivity index (χ3v) is 3.70. The first-order valence-corrected chi connectivity index (χ1v) is 6.85. The van der Waals surface area contributed by atoms with Gasteiger partial charge in [-0.3, -0.25) is 0 Å². The summed E-state index contributed by atoms with van der Waals surface area (Å²) in [5, 5.41) is 12.9. The van der Waals surface area contributed by atoms with E-state index in [2.05, 4.69) is 5.32 Å². The maximum Gasteiger partial charge on any atom is 0.126 e. The molecule has 2 aromatic carbocycles. The molecule has 0 amide bonds. The standard InChI is InChI=1S/C17H20FNO2/c1-13-8-9-15(18)10-16(13)21-12-17(11-20,19-2)14-6-4-3-5-7-14/h3-10,19-20H,11-12H2,1-2H3. The molecule has 0 fully saturated rings. The van der Waals surface area contributed by atoms with Crippen LogP contribution in [0.3, 0.4) is 0 Å². The van der Waals surface area contributed by atoms with Crippen molar-refractivity contribution in [3.05, 3.63) is 65.5 Å². The predicted molar refractivity (Wildman–Crippen MR) is 80.9 cm³/mol. The topological polar surface area (TPSA) is 41.5 Å². The Kier molecular flexibility index (Phi) is 4.94. The molecule has 0 aromatic heterocycles. The molecular formula is C17H20FNO2. The number of hydrogen-bond donors (Lipinski definition) is 2. The minimum absolute atomic E-state index is 0.123. The molecule has 2 rings (SSSR count). The van der Waals surface area contributed by atoms with Gasteiger partial charge in [-0.05, 0) is 31.2 Å². The molecule has 0 aliphatic heterocycles. The highest BCUT2D eigenvalue weighted by molar-refractivity contribution is 5.33. The van der Waals surface area contributed by atoms with Gasteiger partial charge in [-0.2, -0.15) is 0 Å². The van der Waals surface area contributed by atoms with Crippen molar-refractivity contribution in [3.63, 3.8) is 0 Å². The molecule has 2 N–H and O–H groups in total. The lowest BCUT2D eigenvalue weighted by Crippen LogP contribution is -2.48. The van der Waals surface area contributed by atoms with Gasteiger partial charge in [0.1, 0.15) is 23.7 Å². The Morgan fingerprint density at radius 1 is 1.19 bits per heavy atom. The molecular weight excluding hydrogens is 269 g/mol. The summed E-state index contributed by atoms with van der Waals surface area (Å²) in [7, 11) is 1.77. The van der Waals surface area contributed by atoms with Gasteiger partial charge in [-0.1, -0.05) is 36.4 Å². The minimum atomic E-state index is -0.722. The first-order valence-electron chi connectivity index (χ1n) is 6.85. The Morgan fingerprint density at radius 3 is 2.52 bits per heavy atom. The number of nitrogens with one attached hydrogen (secondary N) is 1. The van der Waals surface area contributed by atoms with Gasteiger partial charge in [0.05, 0.1) is 6.61 Å².